The van der Waals surface area contributed by atoms with E-state index >= 15 is 0 Å². The Kier molecular flexibility index (Phi) is 3.91. The molecule has 1 heterocycles. The van der Waals surface area contributed by atoms with E-state index in [-0.39, 0.29) is 11.5 Å². The minimum absolute atomic E-state index is 0.119. The summed E-state index contributed by atoms with van der Waals surface area (Å²) >= 11 is 0. The second-order valence-corrected chi connectivity index (χ2v) is 4.94. The van der Waals surface area contributed by atoms with E-state index in [4.69, 9.17) is 5.26 Å². The second kappa shape index (κ2) is 4.77. The highest BCUT2D eigenvalue weighted by molar-refractivity contribution is 4.90. The van der Waals surface area contributed by atoms with E-state index in [1.54, 1.807) is 0 Å². The second-order valence-electron chi connectivity index (χ2n) is 4.94. The molecule has 3 heteroatoms. The Bertz CT molecular complexity index is 217. The molecule has 1 saturated heterocycles. The van der Waals surface area contributed by atoms with Crippen LogP contribution in [0, 0.1) is 17.2 Å². The monoisotopic (exact) mass is 195 g/mol. The summed E-state index contributed by atoms with van der Waals surface area (Å²) in [6.45, 7) is 8.31. The van der Waals surface area contributed by atoms with Crippen molar-refractivity contribution in [3.05, 3.63) is 0 Å². The van der Waals surface area contributed by atoms with Gasteiger partial charge in [-0.15, -0.1) is 0 Å². The number of nitrogens with one attached hydrogen (secondary N) is 2. The van der Waals surface area contributed by atoms with E-state index < -0.39 is 0 Å². The summed E-state index contributed by atoms with van der Waals surface area (Å²) in [5.74, 6) is 0.119. The van der Waals surface area contributed by atoms with Crippen LogP contribution in [0.15, 0.2) is 0 Å². The van der Waals surface area contributed by atoms with E-state index in [0.29, 0.717) is 6.04 Å². The topological polar surface area (TPSA) is 47.9 Å². The number of hydrogen-bond acceptors (Lipinski definition) is 3. The van der Waals surface area contributed by atoms with E-state index in [2.05, 4.69) is 30.6 Å². The lowest BCUT2D eigenvalue weighted by Gasteiger charge is -2.37. The molecule has 3 nitrogen and oxygen atoms in total. The van der Waals surface area contributed by atoms with Gasteiger partial charge in [-0.25, -0.2) is 0 Å². The van der Waals surface area contributed by atoms with E-state index in [0.717, 1.165) is 19.5 Å². The molecule has 2 unspecified atom stereocenters. The minimum atomic E-state index is 0.119. The predicted octanol–water partition coefficient (Wildman–Crippen LogP) is 1.27. The third-order valence-corrected chi connectivity index (χ3v) is 2.79. The van der Waals surface area contributed by atoms with Gasteiger partial charge >= 0.3 is 0 Å². The molecular formula is C11H21N3. The summed E-state index contributed by atoms with van der Waals surface area (Å²) < 4.78 is 0. The van der Waals surface area contributed by atoms with Gasteiger partial charge in [0.1, 0.15) is 0 Å². The highest BCUT2D eigenvalue weighted by Gasteiger charge is 2.26. The molecule has 1 rings (SSSR count). The summed E-state index contributed by atoms with van der Waals surface area (Å²) in [7, 11) is 0. The molecule has 1 fully saturated rings. The van der Waals surface area contributed by atoms with Crippen LogP contribution in [0.1, 0.15) is 33.6 Å². The molecule has 2 N–H and O–H groups in total. The molecule has 0 amide bonds. The van der Waals surface area contributed by atoms with Crippen molar-refractivity contribution >= 4 is 0 Å². The lowest BCUT2D eigenvalue weighted by Crippen LogP contribution is -2.52. The van der Waals surface area contributed by atoms with Crippen molar-refractivity contribution in [2.24, 2.45) is 5.92 Å². The molecule has 2 atom stereocenters. The molecule has 80 valence electrons. The number of piperidine rings is 1. The van der Waals surface area contributed by atoms with Crippen LogP contribution in [-0.4, -0.2) is 24.7 Å². The van der Waals surface area contributed by atoms with Crippen LogP contribution in [0.25, 0.3) is 0 Å². The van der Waals surface area contributed by atoms with Crippen LogP contribution < -0.4 is 10.6 Å². The van der Waals surface area contributed by atoms with Crippen LogP contribution in [0.4, 0.5) is 0 Å². The van der Waals surface area contributed by atoms with Crippen LogP contribution in [-0.2, 0) is 0 Å². The fourth-order valence-corrected chi connectivity index (χ4v) is 1.94. The Morgan fingerprint density at radius 3 is 2.93 bits per heavy atom. The summed E-state index contributed by atoms with van der Waals surface area (Å²) in [4.78, 5) is 0. The maximum atomic E-state index is 8.66. The number of rotatable bonds is 3. The molecule has 0 radical (unpaired) electrons. The van der Waals surface area contributed by atoms with Gasteiger partial charge < -0.3 is 10.6 Å². The van der Waals surface area contributed by atoms with Gasteiger partial charge in [-0.3, -0.25) is 0 Å². The molecule has 0 aromatic heterocycles. The molecule has 0 spiro atoms. The normalized spacial score (nSPS) is 28.0. The fraction of sp³-hybridized carbons (Fsp3) is 0.909. The Morgan fingerprint density at radius 2 is 2.36 bits per heavy atom. The first-order valence-electron chi connectivity index (χ1n) is 5.41. The summed E-state index contributed by atoms with van der Waals surface area (Å²) in [6, 6.07) is 2.82. The highest BCUT2D eigenvalue weighted by atomic mass is 15.0. The van der Waals surface area contributed by atoms with Gasteiger partial charge in [-0.2, -0.15) is 5.26 Å². The van der Waals surface area contributed by atoms with Gasteiger partial charge in [-0.1, -0.05) is 0 Å². The first kappa shape index (κ1) is 11.5. The Balaban J connectivity index is 2.28. The quantitative estimate of drug-likeness (QED) is 0.713. The zero-order valence-corrected chi connectivity index (χ0v) is 9.43. The number of nitriles is 1. The van der Waals surface area contributed by atoms with Crippen molar-refractivity contribution in [2.45, 2.75) is 45.2 Å². The van der Waals surface area contributed by atoms with Crippen molar-refractivity contribution < 1.29 is 0 Å². The lowest BCUT2D eigenvalue weighted by molar-refractivity contribution is 0.246. The van der Waals surface area contributed by atoms with Gasteiger partial charge in [0, 0.05) is 18.1 Å². The summed E-state index contributed by atoms with van der Waals surface area (Å²) in [5.41, 5.74) is 0.242. The molecule has 0 aromatic carbocycles. The van der Waals surface area contributed by atoms with E-state index in [1.165, 1.54) is 6.42 Å². The maximum absolute atomic E-state index is 8.66. The average molecular weight is 195 g/mol. The minimum Gasteiger partial charge on any atom is -0.313 e. The first-order chi connectivity index (χ1) is 6.53. The molecular weight excluding hydrogens is 174 g/mol. The molecule has 1 aliphatic heterocycles. The highest BCUT2D eigenvalue weighted by Crippen LogP contribution is 2.18. The van der Waals surface area contributed by atoms with Crippen LogP contribution in [0.2, 0.25) is 0 Å². The molecule has 0 aromatic rings. The van der Waals surface area contributed by atoms with Gasteiger partial charge in [0.25, 0.3) is 0 Å². The van der Waals surface area contributed by atoms with Crippen LogP contribution >= 0.6 is 0 Å². The molecule has 0 saturated carbocycles. The Hall–Kier alpha value is -0.590. The Labute approximate surface area is 86.9 Å². The third-order valence-electron chi connectivity index (χ3n) is 2.79. The van der Waals surface area contributed by atoms with Gasteiger partial charge in [-0.05, 0) is 40.2 Å². The van der Waals surface area contributed by atoms with E-state index in [1.807, 2.05) is 6.92 Å². The first-order valence-corrected chi connectivity index (χ1v) is 5.41. The van der Waals surface area contributed by atoms with Crippen LogP contribution in [0.5, 0.6) is 0 Å². The van der Waals surface area contributed by atoms with Crippen molar-refractivity contribution in [3.63, 3.8) is 0 Å². The maximum Gasteiger partial charge on any atom is 0.0666 e. The number of hydrogen-bond donors (Lipinski definition) is 2. The average Bonchev–Trinajstić information content (AvgIpc) is 2.12. The molecule has 0 bridgehead atoms. The largest absolute Gasteiger partial charge is 0.313 e. The number of nitrogens with zero attached hydrogens (tertiary/aromatic N) is 1. The third kappa shape index (κ3) is 3.65. The van der Waals surface area contributed by atoms with Crippen molar-refractivity contribution in [2.75, 3.05) is 13.1 Å². The van der Waals surface area contributed by atoms with Crippen molar-refractivity contribution in [3.8, 4) is 6.07 Å². The summed E-state index contributed by atoms with van der Waals surface area (Å²) in [5, 5.41) is 15.6. The smallest absolute Gasteiger partial charge is 0.0666 e. The standard InChI is InChI=1S/C11H21N3/c1-9(7-12)8-13-10-4-5-14-11(2,3)6-10/h9-10,13-14H,4-6,8H2,1-3H3. The molecule has 1 aliphatic rings. The van der Waals surface area contributed by atoms with Gasteiger partial charge in [0.2, 0.25) is 0 Å². The zero-order chi connectivity index (χ0) is 10.6. The zero-order valence-electron chi connectivity index (χ0n) is 9.43. The van der Waals surface area contributed by atoms with Gasteiger partial charge in [0.05, 0.1) is 12.0 Å². The predicted molar refractivity (Wildman–Crippen MR) is 57.9 cm³/mol. The van der Waals surface area contributed by atoms with Crippen molar-refractivity contribution in [1.29, 1.82) is 5.26 Å². The Morgan fingerprint density at radius 1 is 1.64 bits per heavy atom. The molecule has 0 aliphatic carbocycles. The summed E-state index contributed by atoms with van der Waals surface area (Å²) in [6.07, 6.45) is 2.31. The lowest BCUT2D eigenvalue weighted by atomic mass is 9.89. The van der Waals surface area contributed by atoms with Gasteiger partial charge in [0.15, 0.2) is 0 Å². The van der Waals surface area contributed by atoms with Crippen LogP contribution in [0.3, 0.4) is 0 Å². The van der Waals surface area contributed by atoms with Crippen molar-refractivity contribution in [1.82, 2.24) is 10.6 Å². The van der Waals surface area contributed by atoms with E-state index in [9.17, 15) is 0 Å². The molecule has 14 heavy (non-hydrogen) atoms. The fourth-order valence-electron chi connectivity index (χ4n) is 1.94. The SMILES string of the molecule is CC(C#N)CNC1CCNC(C)(C)C1.